The van der Waals surface area contributed by atoms with E-state index in [0.29, 0.717) is 21.8 Å². The van der Waals surface area contributed by atoms with Crippen LogP contribution in [0.1, 0.15) is 15.9 Å². The zero-order chi connectivity index (χ0) is 13.1. The minimum atomic E-state index is -0.358. The first kappa shape index (κ1) is 12.6. The van der Waals surface area contributed by atoms with Gasteiger partial charge in [0.05, 0.1) is 5.02 Å². The summed E-state index contributed by atoms with van der Waals surface area (Å²) in [6.45, 7) is 0. The topological polar surface area (TPSA) is 43.1 Å². The van der Waals surface area contributed by atoms with E-state index in [2.05, 4.69) is 0 Å². The van der Waals surface area contributed by atoms with E-state index in [9.17, 15) is 9.18 Å². The van der Waals surface area contributed by atoms with Gasteiger partial charge in [0.2, 0.25) is 0 Å². The third kappa shape index (κ3) is 2.87. The van der Waals surface area contributed by atoms with E-state index in [1.54, 1.807) is 24.3 Å². The SMILES string of the molecule is Nc1ccc(C(=O)Cc2cccc(F)c2)c(Cl)c1. The number of anilines is 1. The van der Waals surface area contributed by atoms with Gasteiger partial charge in [-0.2, -0.15) is 0 Å². The van der Waals surface area contributed by atoms with Crippen molar-refractivity contribution in [2.24, 2.45) is 0 Å². The molecule has 0 saturated heterocycles. The Kier molecular flexibility index (Phi) is 3.63. The number of ketones is 1. The standard InChI is InChI=1S/C14H11ClFNO/c15-13-8-11(17)4-5-12(13)14(18)7-9-2-1-3-10(16)6-9/h1-6,8H,7,17H2. The van der Waals surface area contributed by atoms with E-state index in [-0.39, 0.29) is 18.0 Å². The molecule has 18 heavy (non-hydrogen) atoms. The highest BCUT2D eigenvalue weighted by Crippen LogP contribution is 2.21. The number of nitrogens with two attached hydrogens (primary N) is 1. The summed E-state index contributed by atoms with van der Waals surface area (Å²) < 4.78 is 13.0. The zero-order valence-electron chi connectivity index (χ0n) is 9.49. The summed E-state index contributed by atoms with van der Waals surface area (Å²) in [5.41, 5.74) is 7.07. The molecule has 2 rings (SSSR count). The first-order chi connectivity index (χ1) is 8.56. The Hall–Kier alpha value is -1.87. The Morgan fingerprint density at radius 2 is 2.00 bits per heavy atom. The van der Waals surface area contributed by atoms with Crippen molar-refractivity contribution in [1.29, 1.82) is 0 Å². The van der Waals surface area contributed by atoms with Gasteiger partial charge in [-0.15, -0.1) is 0 Å². The largest absolute Gasteiger partial charge is 0.399 e. The molecule has 0 atom stereocenters. The van der Waals surface area contributed by atoms with Gasteiger partial charge in [0.15, 0.2) is 5.78 Å². The van der Waals surface area contributed by atoms with Crippen molar-refractivity contribution in [2.75, 3.05) is 5.73 Å². The van der Waals surface area contributed by atoms with E-state index in [1.807, 2.05) is 0 Å². The molecule has 0 aliphatic carbocycles. The van der Waals surface area contributed by atoms with Crippen LogP contribution in [0.25, 0.3) is 0 Å². The molecule has 0 radical (unpaired) electrons. The maximum atomic E-state index is 13.0. The highest BCUT2D eigenvalue weighted by Gasteiger charge is 2.11. The van der Waals surface area contributed by atoms with Crippen molar-refractivity contribution in [3.05, 3.63) is 64.4 Å². The number of carbonyl (C=O) groups excluding carboxylic acids is 1. The Bertz CT molecular complexity index is 598. The minimum absolute atomic E-state index is 0.112. The number of nitrogen functional groups attached to an aromatic ring is 1. The highest BCUT2D eigenvalue weighted by molar-refractivity contribution is 6.34. The molecule has 0 spiro atoms. The average molecular weight is 264 g/mol. The molecular formula is C14H11ClFNO. The number of hydrogen-bond donors (Lipinski definition) is 1. The molecule has 0 aliphatic rings. The number of carbonyl (C=O) groups is 1. The Balaban J connectivity index is 2.22. The van der Waals surface area contributed by atoms with Gasteiger partial charge < -0.3 is 5.73 Å². The van der Waals surface area contributed by atoms with E-state index in [1.165, 1.54) is 18.2 Å². The molecular weight excluding hydrogens is 253 g/mol. The third-order valence-electron chi connectivity index (χ3n) is 2.55. The number of rotatable bonds is 3. The molecule has 0 aliphatic heterocycles. The predicted molar refractivity (Wildman–Crippen MR) is 70.3 cm³/mol. The van der Waals surface area contributed by atoms with Gasteiger partial charge in [0.1, 0.15) is 5.82 Å². The zero-order valence-corrected chi connectivity index (χ0v) is 10.2. The van der Waals surface area contributed by atoms with E-state index < -0.39 is 0 Å². The van der Waals surface area contributed by atoms with Crippen LogP contribution in [0, 0.1) is 5.82 Å². The van der Waals surface area contributed by atoms with Crippen LogP contribution in [-0.4, -0.2) is 5.78 Å². The molecule has 2 nitrogen and oxygen atoms in total. The van der Waals surface area contributed by atoms with E-state index >= 15 is 0 Å². The van der Waals surface area contributed by atoms with Crippen LogP contribution in [0.3, 0.4) is 0 Å². The van der Waals surface area contributed by atoms with Crippen LogP contribution < -0.4 is 5.73 Å². The van der Waals surface area contributed by atoms with Gasteiger partial charge in [-0.05, 0) is 35.9 Å². The normalized spacial score (nSPS) is 10.3. The molecule has 0 amide bonds. The van der Waals surface area contributed by atoms with Crippen LogP contribution >= 0.6 is 11.6 Å². The van der Waals surface area contributed by atoms with Gasteiger partial charge in [0, 0.05) is 17.7 Å². The predicted octanol–water partition coefficient (Wildman–Crippen LogP) is 3.49. The second-order valence-electron chi connectivity index (χ2n) is 3.97. The lowest BCUT2D eigenvalue weighted by Crippen LogP contribution is -2.05. The summed E-state index contributed by atoms with van der Waals surface area (Å²) in [4.78, 5) is 12.0. The summed E-state index contributed by atoms with van der Waals surface area (Å²) in [6, 6.07) is 10.7. The molecule has 2 aromatic carbocycles. The monoisotopic (exact) mass is 263 g/mol. The quantitative estimate of drug-likeness (QED) is 0.680. The van der Waals surface area contributed by atoms with Crippen LogP contribution in [0.5, 0.6) is 0 Å². The van der Waals surface area contributed by atoms with Gasteiger partial charge in [0.25, 0.3) is 0 Å². The van der Waals surface area contributed by atoms with Crippen molar-refractivity contribution in [2.45, 2.75) is 6.42 Å². The number of halogens is 2. The highest BCUT2D eigenvalue weighted by atomic mass is 35.5. The van der Waals surface area contributed by atoms with E-state index in [4.69, 9.17) is 17.3 Å². The molecule has 0 fully saturated rings. The first-order valence-electron chi connectivity index (χ1n) is 5.39. The molecule has 4 heteroatoms. The van der Waals surface area contributed by atoms with Gasteiger partial charge in [-0.25, -0.2) is 4.39 Å². The Labute approximate surface area is 109 Å². The minimum Gasteiger partial charge on any atom is -0.399 e. The lowest BCUT2D eigenvalue weighted by Gasteiger charge is -2.05. The summed E-state index contributed by atoms with van der Waals surface area (Å²) in [6.07, 6.45) is 0.112. The fourth-order valence-electron chi connectivity index (χ4n) is 1.69. The van der Waals surface area contributed by atoms with Gasteiger partial charge >= 0.3 is 0 Å². The van der Waals surface area contributed by atoms with Crippen molar-refractivity contribution >= 4 is 23.1 Å². The van der Waals surface area contributed by atoms with Crippen molar-refractivity contribution in [3.63, 3.8) is 0 Å². The smallest absolute Gasteiger partial charge is 0.168 e. The summed E-state index contributed by atoms with van der Waals surface area (Å²) in [5, 5.41) is 0.316. The van der Waals surface area contributed by atoms with Gasteiger partial charge in [-0.1, -0.05) is 23.7 Å². The fourth-order valence-corrected chi connectivity index (χ4v) is 1.98. The Morgan fingerprint density at radius 1 is 1.22 bits per heavy atom. The number of Topliss-reactive ketones (excluding diaryl/α,β-unsaturated/α-hetero) is 1. The number of hydrogen-bond acceptors (Lipinski definition) is 2. The molecule has 0 aromatic heterocycles. The van der Waals surface area contributed by atoms with Crippen molar-refractivity contribution in [1.82, 2.24) is 0 Å². The second-order valence-corrected chi connectivity index (χ2v) is 4.38. The second kappa shape index (κ2) is 5.19. The first-order valence-corrected chi connectivity index (χ1v) is 5.77. The molecule has 0 heterocycles. The maximum absolute atomic E-state index is 13.0. The molecule has 0 unspecified atom stereocenters. The van der Waals surface area contributed by atoms with Crippen molar-refractivity contribution < 1.29 is 9.18 Å². The summed E-state index contributed by atoms with van der Waals surface area (Å²) in [7, 11) is 0. The lowest BCUT2D eigenvalue weighted by molar-refractivity contribution is 0.0993. The molecule has 92 valence electrons. The lowest BCUT2D eigenvalue weighted by atomic mass is 10.0. The summed E-state index contributed by atoms with van der Waals surface area (Å²) in [5.74, 6) is -0.519. The van der Waals surface area contributed by atoms with E-state index in [0.717, 1.165) is 0 Å². The van der Waals surface area contributed by atoms with Crippen LogP contribution in [-0.2, 0) is 6.42 Å². The van der Waals surface area contributed by atoms with Crippen molar-refractivity contribution in [3.8, 4) is 0 Å². The maximum Gasteiger partial charge on any atom is 0.168 e. The summed E-state index contributed by atoms with van der Waals surface area (Å²) >= 11 is 5.95. The Morgan fingerprint density at radius 3 is 2.67 bits per heavy atom. The average Bonchev–Trinajstić information content (AvgIpc) is 2.28. The molecule has 0 bridgehead atoms. The molecule has 0 saturated carbocycles. The molecule has 2 aromatic rings. The van der Waals surface area contributed by atoms with Crippen LogP contribution in [0.4, 0.5) is 10.1 Å². The fraction of sp³-hybridized carbons (Fsp3) is 0.0714. The molecule has 2 N–H and O–H groups in total. The number of benzene rings is 2. The van der Waals surface area contributed by atoms with Crippen LogP contribution in [0.2, 0.25) is 5.02 Å². The third-order valence-corrected chi connectivity index (χ3v) is 2.86. The van der Waals surface area contributed by atoms with Crippen LogP contribution in [0.15, 0.2) is 42.5 Å². The van der Waals surface area contributed by atoms with Gasteiger partial charge in [-0.3, -0.25) is 4.79 Å².